The molecular weight excluding hydrogens is 404 g/mol. The van der Waals surface area contributed by atoms with Gasteiger partial charge in [-0.05, 0) is 62.9 Å². The molecular formula is C26H36N2O4. The summed E-state index contributed by atoms with van der Waals surface area (Å²) in [4.78, 5) is 15.2. The van der Waals surface area contributed by atoms with Crippen molar-refractivity contribution in [1.82, 2.24) is 10.2 Å². The van der Waals surface area contributed by atoms with E-state index in [9.17, 15) is 4.79 Å². The van der Waals surface area contributed by atoms with E-state index in [1.54, 1.807) is 0 Å². The highest BCUT2D eigenvalue weighted by Gasteiger charge is 2.21. The molecule has 6 nitrogen and oxygen atoms in total. The van der Waals surface area contributed by atoms with Gasteiger partial charge in [0, 0.05) is 19.0 Å². The summed E-state index contributed by atoms with van der Waals surface area (Å²) in [5, 5.41) is 3.26. The quantitative estimate of drug-likeness (QED) is 0.602. The Bertz CT molecular complexity index is 829. The molecule has 1 aromatic rings. The smallest absolute Gasteiger partial charge is 0.222 e. The van der Waals surface area contributed by atoms with Gasteiger partial charge >= 0.3 is 0 Å². The maximum absolute atomic E-state index is 12.7. The van der Waals surface area contributed by atoms with Crippen LogP contribution in [0.15, 0.2) is 42.0 Å². The number of carbonyl (C=O) groups is 1. The standard InChI is InChI=1S/C26H36N2O4/c1-2-20-5-8-23(9-6-20)30-14-11-26(29)27-22(19-28-12-3-4-13-28)17-21-7-10-24-25(18-21)32-16-15-31-24/h5-8,10,18,22-23H,2-4,9,11-17,19H2,1H3,(H,27,29)/t22-,23-/m0/s1. The van der Waals surface area contributed by atoms with Crippen molar-refractivity contribution in [3.05, 3.63) is 47.6 Å². The molecule has 32 heavy (non-hydrogen) atoms. The van der Waals surface area contributed by atoms with Gasteiger partial charge in [-0.15, -0.1) is 0 Å². The van der Waals surface area contributed by atoms with E-state index >= 15 is 0 Å². The van der Waals surface area contributed by atoms with Gasteiger partial charge in [0.15, 0.2) is 11.5 Å². The van der Waals surface area contributed by atoms with Gasteiger partial charge in [0.05, 0.1) is 12.7 Å². The van der Waals surface area contributed by atoms with Crippen LogP contribution in [0.5, 0.6) is 11.5 Å². The Kier molecular flexibility index (Phi) is 8.24. The van der Waals surface area contributed by atoms with Gasteiger partial charge in [-0.1, -0.05) is 36.8 Å². The van der Waals surface area contributed by atoms with E-state index in [0.717, 1.165) is 56.0 Å². The first kappa shape index (κ1) is 22.9. The number of ether oxygens (including phenoxy) is 3. The third kappa shape index (κ3) is 6.59. The average Bonchev–Trinajstić information content (AvgIpc) is 3.32. The van der Waals surface area contributed by atoms with Gasteiger partial charge in [0.2, 0.25) is 5.91 Å². The zero-order chi connectivity index (χ0) is 22.2. The Morgan fingerprint density at radius 1 is 1.22 bits per heavy atom. The largest absolute Gasteiger partial charge is 0.486 e. The monoisotopic (exact) mass is 440 g/mol. The van der Waals surface area contributed by atoms with Crippen LogP contribution >= 0.6 is 0 Å². The summed E-state index contributed by atoms with van der Waals surface area (Å²) >= 11 is 0. The van der Waals surface area contributed by atoms with E-state index in [2.05, 4.69) is 41.4 Å². The van der Waals surface area contributed by atoms with Crippen LogP contribution in [0.2, 0.25) is 0 Å². The van der Waals surface area contributed by atoms with Gasteiger partial charge in [-0.3, -0.25) is 4.79 Å². The molecule has 0 saturated carbocycles. The number of benzene rings is 1. The summed E-state index contributed by atoms with van der Waals surface area (Å²) in [6.45, 7) is 6.86. The lowest BCUT2D eigenvalue weighted by Gasteiger charge is -2.26. The number of fused-ring (bicyclic) bond motifs is 1. The lowest BCUT2D eigenvalue weighted by atomic mass is 10.0. The van der Waals surface area contributed by atoms with E-state index in [4.69, 9.17) is 14.2 Å². The third-order valence-corrected chi connectivity index (χ3v) is 6.34. The minimum absolute atomic E-state index is 0.0521. The SMILES string of the molecule is CCC1=CC[C@@H](OCCC(=O)N[C@@H](Cc2ccc3c(c2)OCCO3)CN2CCCC2)C=C1. The molecule has 4 rings (SSSR count). The molecule has 1 saturated heterocycles. The van der Waals surface area contributed by atoms with Crippen molar-refractivity contribution in [3.8, 4) is 11.5 Å². The van der Waals surface area contributed by atoms with E-state index < -0.39 is 0 Å². The molecule has 6 heteroatoms. The number of hydrogen-bond acceptors (Lipinski definition) is 5. The second kappa shape index (κ2) is 11.5. The van der Waals surface area contributed by atoms with Crippen LogP contribution in [0.25, 0.3) is 0 Å². The van der Waals surface area contributed by atoms with Crippen molar-refractivity contribution >= 4 is 5.91 Å². The molecule has 3 aliphatic rings. The average molecular weight is 441 g/mol. The molecule has 1 fully saturated rings. The molecule has 1 aliphatic carbocycles. The van der Waals surface area contributed by atoms with Crippen LogP contribution in [0, 0.1) is 0 Å². The minimum Gasteiger partial charge on any atom is -0.486 e. The molecule has 0 bridgehead atoms. The number of likely N-dealkylation sites (tertiary alicyclic amines) is 1. The molecule has 2 aliphatic heterocycles. The molecule has 1 N–H and O–H groups in total. The van der Waals surface area contributed by atoms with Gasteiger partial charge < -0.3 is 24.4 Å². The Hall–Kier alpha value is -2.31. The normalized spacial score (nSPS) is 21.3. The Morgan fingerprint density at radius 2 is 2.03 bits per heavy atom. The zero-order valence-corrected chi connectivity index (χ0v) is 19.2. The first-order valence-electron chi connectivity index (χ1n) is 12.1. The molecule has 2 heterocycles. The highest BCUT2D eigenvalue weighted by atomic mass is 16.6. The first-order chi connectivity index (χ1) is 15.7. The molecule has 2 atom stereocenters. The molecule has 0 unspecified atom stereocenters. The number of nitrogens with one attached hydrogen (secondary N) is 1. The number of allylic oxidation sites excluding steroid dienone is 2. The minimum atomic E-state index is 0.0521. The molecule has 0 spiro atoms. The second-order valence-corrected chi connectivity index (χ2v) is 8.84. The van der Waals surface area contributed by atoms with Crippen LogP contribution in [0.4, 0.5) is 0 Å². The van der Waals surface area contributed by atoms with Crippen LogP contribution in [0.3, 0.4) is 0 Å². The molecule has 174 valence electrons. The fourth-order valence-electron chi connectivity index (χ4n) is 4.57. The number of hydrogen-bond donors (Lipinski definition) is 1. The zero-order valence-electron chi connectivity index (χ0n) is 19.2. The summed E-state index contributed by atoms with van der Waals surface area (Å²) < 4.78 is 17.3. The summed E-state index contributed by atoms with van der Waals surface area (Å²) in [6.07, 6.45) is 12.1. The Balaban J connectivity index is 1.28. The predicted molar refractivity (Wildman–Crippen MR) is 125 cm³/mol. The van der Waals surface area contributed by atoms with E-state index in [0.29, 0.717) is 26.2 Å². The van der Waals surface area contributed by atoms with Crippen LogP contribution < -0.4 is 14.8 Å². The van der Waals surface area contributed by atoms with E-state index in [-0.39, 0.29) is 18.1 Å². The highest BCUT2D eigenvalue weighted by Crippen LogP contribution is 2.31. The maximum Gasteiger partial charge on any atom is 0.222 e. The van der Waals surface area contributed by atoms with E-state index in [1.807, 2.05) is 12.1 Å². The predicted octanol–water partition coefficient (Wildman–Crippen LogP) is 3.65. The van der Waals surface area contributed by atoms with Crippen molar-refractivity contribution in [2.24, 2.45) is 0 Å². The Morgan fingerprint density at radius 3 is 2.78 bits per heavy atom. The number of rotatable bonds is 10. The van der Waals surface area contributed by atoms with Gasteiger partial charge in [-0.25, -0.2) is 0 Å². The number of amides is 1. The van der Waals surface area contributed by atoms with Crippen LogP contribution in [-0.2, 0) is 16.0 Å². The number of nitrogens with zero attached hydrogens (tertiary/aromatic N) is 1. The van der Waals surface area contributed by atoms with Crippen molar-refractivity contribution in [2.45, 2.75) is 57.6 Å². The lowest BCUT2D eigenvalue weighted by molar-refractivity contribution is -0.123. The topological polar surface area (TPSA) is 60.0 Å². The highest BCUT2D eigenvalue weighted by molar-refractivity contribution is 5.76. The van der Waals surface area contributed by atoms with Crippen molar-refractivity contribution in [1.29, 1.82) is 0 Å². The van der Waals surface area contributed by atoms with Crippen molar-refractivity contribution < 1.29 is 19.0 Å². The third-order valence-electron chi connectivity index (χ3n) is 6.34. The molecule has 0 radical (unpaired) electrons. The van der Waals surface area contributed by atoms with E-state index in [1.165, 1.54) is 18.4 Å². The van der Waals surface area contributed by atoms with Gasteiger partial charge in [-0.2, -0.15) is 0 Å². The lowest BCUT2D eigenvalue weighted by Crippen LogP contribution is -2.44. The second-order valence-electron chi connectivity index (χ2n) is 8.84. The first-order valence-corrected chi connectivity index (χ1v) is 12.1. The molecule has 1 amide bonds. The number of carbonyl (C=O) groups excluding carboxylic acids is 1. The van der Waals surface area contributed by atoms with Gasteiger partial charge in [0.25, 0.3) is 0 Å². The molecule has 1 aromatic carbocycles. The summed E-state index contributed by atoms with van der Waals surface area (Å²) in [5.74, 6) is 1.65. The van der Waals surface area contributed by atoms with Gasteiger partial charge in [0.1, 0.15) is 13.2 Å². The summed E-state index contributed by atoms with van der Waals surface area (Å²) in [6, 6.07) is 6.16. The maximum atomic E-state index is 12.7. The van der Waals surface area contributed by atoms with Crippen molar-refractivity contribution in [3.63, 3.8) is 0 Å². The van der Waals surface area contributed by atoms with Crippen molar-refractivity contribution in [2.75, 3.05) is 39.5 Å². The summed E-state index contributed by atoms with van der Waals surface area (Å²) in [7, 11) is 0. The fourth-order valence-corrected chi connectivity index (χ4v) is 4.57. The van der Waals surface area contributed by atoms with Crippen LogP contribution in [-0.4, -0.2) is 62.4 Å². The molecule has 0 aromatic heterocycles. The Labute approximate surface area is 191 Å². The summed E-state index contributed by atoms with van der Waals surface area (Å²) in [5.41, 5.74) is 2.51. The van der Waals surface area contributed by atoms with Crippen LogP contribution in [0.1, 0.15) is 44.6 Å². The fraction of sp³-hybridized carbons (Fsp3) is 0.577.